The molecule has 1 aliphatic carbocycles. The molecule has 17 heavy (non-hydrogen) atoms. The van der Waals surface area contributed by atoms with Gasteiger partial charge in [0.05, 0.1) is 0 Å². The van der Waals surface area contributed by atoms with Crippen LogP contribution in [-0.4, -0.2) is 19.7 Å². The van der Waals surface area contributed by atoms with Crippen molar-refractivity contribution < 1.29 is 4.74 Å². The molecular weight excluding hydrogens is 278 g/mol. The van der Waals surface area contributed by atoms with Crippen LogP contribution < -0.4 is 10.1 Å². The number of nitrogens with one attached hydrogen (secondary N) is 1. The second-order valence-corrected chi connectivity index (χ2v) is 5.74. The first-order valence-electron chi connectivity index (χ1n) is 6.35. The second kappa shape index (κ2) is 6.41. The normalized spacial score (nSPS) is 16.8. The SMILES string of the molecule is CC(CNCCOc1ccc(Br)cc1)C1CC1. The van der Waals surface area contributed by atoms with Gasteiger partial charge in [-0.2, -0.15) is 0 Å². The monoisotopic (exact) mass is 297 g/mol. The molecule has 1 aromatic rings. The smallest absolute Gasteiger partial charge is 0.119 e. The topological polar surface area (TPSA) is 21.3 Å². The highest BCUT2D eigenvalue weighted by Gasteiger charge is 2.27. The van der Waals surface area contributed by atoms with E-state index in [9.17, 15) is 0 Å². The Morgan fingerprint density at radius 1 is 1.35 bits per heavy atom. The molecule has 0 heterocycles. The minimum Gasteiger partial charge on any atom is -0.492 e. The van der Waals surface area contributed by atoms with Crippen LogP contribution in [0.1, 0.15) is 19.8 Å². The Hall–Kier alpha value is -0.540. The average molecular weight is 298 g/mol. The maximum absolute atomic E-state index is 5.64. The van der Waals surface area contributed by atoms with Crippen LogP contribution in [0.15, 0.2) is 28.7 Å². The van der Waals surface area contributed by atoms with Crippen LogP contribution in [0.2, 0.25) is 0 Å². The first kappa shape index (κ1) is 12.9. The lowest BCUT2D eigenvalue weighted by Crippen LogP contribution is -2.26. The summed E-state index contributed by atoms with van der Waals surface area (Å²) in [4.78, 5) is 0. The van der Waals surface area contributed by atoms with Gasteiger partial charge in [0.1, 0.15) is 12.4 Å². The molecular formula is C14H20BrNO. The summed E-state index contributed by atoms with van der Waals surface area (Å²) in [5.74, 6) is 2.74. The van der Waals surface area contributed by atoms with Gasteiger partial charge in [0.15, 0.2) is 0 Å². The highest BCUT2D eigenvalue weighted by Crippen LogP contribution is 2.35. The standard InChI is InChI=1S/C14H20BrNO/c1-11(12-2-3-12)10-16-8-9-17-14-6-4-13(15)5-7-14/h4-7,11-12,16H,2-3,8-10H2,1H3. The summed E-state index contributed by atoms with van der Waals surface area (Å²) in [5.41, 5.74) is 0. The predicted octanol–water partition coefficient (Wildman–Crippen LogP) is 3.46. The molecule has 0 aliphatic heterocycles. The van der Waals surface area contributed by atoms with Crippen LogP contribution in [0.25, 0.3) is 0 Å². The van der Waals surface area contributed by atoms with Gasteiger partial charge >= 0.3 is 0 Å². The zero-order chi connectivity index (χ0) is 12.1. The molecule has 2 nitrogen and oxygen atoms in total. The lowest BCUT2D eigenvalue weighted by molar-refractivity contribution is 0.307. The van der Waals surface area contributed by atoms with Crippen LogP contribution in [0.5, 0.6) is 5.75 Å². The van der Waals surface area contributed by atoms with Crippen LogP contribution >= 0.6 is 15.9 Å². The molecule has 1 N–H and O–H groups in total. The van der Waals surface area contributed by atoms with Gasteiger partial charge in [-0.25, -0.2) is 0 Å². The van der Waals surface area contributed by atoms with E-state index >= 15 is 0 Å². The Bertz CT molecular complexity index is 335. The van der Waals surface area contributed by atoms with Crippen molar-refractivity contribution in [3.05, 3.63) is 28.7 Å². The van der Waals surface area contributed by atoms with Gasteiger partial charge in [-0.15, -0.1) is 0 Å². The Kier molecular flexibility index (Phi) is 4.86. The average Bonchev–Trinajstić information content (AvgIpc) is 3.15. The fraction of sp³-hybridized carbons (Fsp3) is 0.571. The van der Waals surface area contributed by atoms with Gasteiger partial charge in [-0.1, -0.05) is 22.9 Å². The highest BCUT2D eigenvalue weighted by molar-refractivity contribution is 9.10. The van der Waals surface area contributed by atoms with Gasteiger partial charge in [-0.3, -0.25) is 0 Å². The Balaban J connectivity index is 1.55. The van der Waals surface area contributed by atoms with Crippen molar-refractivity contribution in [2.75, 3.05) is 19.7 Å². The van der Waals surface area contributed by atoms with E-state index in [1.165, 1.54) is 12.8 Å². The molecule has 0 saturated heterocycles. The number of ether oxygens (including phenoxy) is 1. The molecule has 3 heteroatoms. The van der Waals surface area contributed by atoms with Crippen molar-refractivity contribution in [3.63, 3.8) is 0 Å². The van der Waals surface area contributed by atoms with Gasteiger partial charge in [-0.05, 0) is 55.5 Å². The fourth-order valence-corrected chi connectivity index (χ4v) is 2.20. The highest BCUT2D eigenvalue weighted by atomic mass is 79.9. The summed E-state index contributed by atoms with van der Waals surface area (Å²) in [5, 5.41) is 3.45. The fourth-order valence-electron chi connectivity index (χ4n) is 1.93. The quantitative estimate of drug-likeness (QED) is 0.778. The first-order valence-corrected chi connectivity index (χ1v) is 7.14. The van der Waals surface area contributed by atoms with Crippen molar-refractivity contribution in [2.45, 2.75) is 19.8 Å². The number of rotatable bonds is 7. The second-order valence-electron chi connectivity index (χ2n) is 4.82. The lowest BCUT2D eigenvalue weighted by Gasteiger charge is -2.11. The molecule has 1 aromatic carbocycles. The molecule has 0 aromatic heterocycles. The van der Waals surface area contributed by atoms with Crippen molar-refractivity contribution in [1.29, 1.82) is 0 Å². The molecule has 94 valence electrons. The summed E-state index contributed by atoms with van der Waals surface area (Å²) in [7, 11) is 0. The van der Waals surface area contributed by atoms with Crippen LogP contribution in [0, 0.1) is 11.8 Å². The van der Waals surface area contributed by atoms with Gasteiger partial charge < -0.3 is 10.1 Å². The minimum atomic E-state index is 0.735. The number of halogens is 1. The Morgan fingerprint density at radius 2 is 2.06 bits per heavy atom. The van der Waals surface area contributed by atoms with E-state index in [-0.39, 0.29) is 0 Å². The molecule has 0 amide bonds. The molecule has 1 atom stereocenters. The van der Waals surface area contributed by atoms with E-state index in [4.69, 9.17) is 4.74 Å². The summed E-state index contributed by atoms with van der Waals surface area (Å²) in [6.07, 6.45) is 2.86. The molecule has 1 unspecified atom stereocenters. The summed E-state index contributed by atoms with van der Waals surface area (Å²) < 4.78 is 6.72. The third-order valence-electron chi connectivity index (χ3n) is 3.25. The molecule has 0 radical (unpaired) electrons. The van der Waals surface area contributed by atoms with Crippen LogP contribution in [-0.2, 0) is 0 Å². The third kappa shape index (κ3) is 4.68. The third-order valence-corrected chi connectivity index (χ3v) is 3.78. The zero-order valence-electron chi connectivity index (χ0n) is 10.3. The summed E-state index contributed by atoms with van der Waals surface area (Å²) in [6.45, 7) is 5.11. The van der Waals surface area contributed by atoms with E-state index in [1.807, 2.05) is 24.3 Å². The first-order chi connectivity index (χ1) is 8.25. The minimum absolute atomic E-state index is 0.735. The number of hydrogen-bond acceptors (Lipinski definition) is 2. The Labute approximate surface area is 112 Å². The van der Waals surface area contributed by atoms with Gasteiger partial charge in [0.25, 0.3) is 0 Å². The molecule has 1 aliphatic rings. The summed E-state index contributed by atoms with van der Waals surface area (Å²) >= 11 is 3.41. The molecule has 0 bridgehead atoms. The number of hydrogen-bond donors (Lipinski definition) is 1. The van der Waals surface area contributed by atoms with Crippen molar-refractivity contribution in [3.8, 4) is 5.75 Å². The Morgan fingerprint density at radius 3 is 2.71 bits per heavy atom. The molecule has 1 fully saturated rings. The van der Waals surface area contributed by atoms with Crippen molar-refractivity contribution >= 4 is 15.9 Å². The largest absolute Gasteiger partial charge is 0.492 e. The van der Waals surface area contributed by atoms with E-state index < -0.39 is 0 Å². The van der Waals surface area contributed by atoms with Gasteiger partial charge in [0, 0.05) is 11.0 Å². The predicted molar refractivity (Wildman–Crippen MR) is 74.4 cm³/mol. The molecule has 2 rings (SSSR count). The van der Waals surface area contributed by atoms with E-state index in [1.54, 1.807) is 0 Å². The van der Waals surface area contributed by atoms with Crippen LogP contribution in [0.4, 0.5) is 0 Å². The number of benzene rings is 1. The van der Waals surface area contributed by atoms with Crippen molar-refractivity contribution in [1.82, 2.24) is 5.32 Å². The van der Waals surface area contributed by atoms with Gasteiger partial charge in [0.2, 0.25) is 0 Å². The van der Waals surface area contributed by atoms with Crippen LogP contribution in [0.3, 0.4) is 0 Å². The van der Waals surface area contributed by atoms with E-state index in [0.717, 1.165) is 41.8 Å². The van der Waals surface area contributed by atoms with Crippen molar-refractivity contribution in [2.24, 2.45) is 11.8 Å². The maximum atomic E-state index is 5.64. The van der Waals surface area contributed by atoms with E-state index in [0.29, 0.717) is 0 Å². The zero-order valence-corrected chi connectivity index (χ0v) is 11.9. The molecule has 1 saturated carbocycles. The molecule has 0 spiro atoms. The maximum Gasteiger partial charge on any atom is 0.119 e. The summed E-state index contributed by atoms with van der Waals surface area (Å²) in [6, 6.07) is 7.96. The lowest BCUT2D eigenvalue weighted by atomic mass is 10.1. The van der Waals surface area contributed by atoms with E-state index in [2.05, 4.69) is 28.2 Å².